The van der Waals surface area contributed by atoms with Gasteiger partial charge in [-0.3, -0.25) is 10.1 Å². The third-order valence-corrected chi connectivity index (χ3v) is 3.67. The van der Waals surface area contributed by atoms with Crippen molar-refractivity contribution in [1.82, 2.24) is 10.6 Å². The van der Waals surface area contributed by atoms with Crippen LogP contribution in [0.3, 0.4) is 0 Å². The number of carbonyl (C=O) groups is 1. The minimum absolute atomic E-state index is 0.0464. The van der Waals surface area contributed by atoms with E-state index in [2.05, 4.69) is 28.8 Å². The van der Waals surface area contributed by atoms with Crippen LogP contribution in [0.5, 0.6) is 0 Å². The van der Waals surface area contributed by atoms with E-state index in [1.54, 1.807) is 0 Å². The number of nitrogens with one attached hydrogen (secondary N) is 2. The first-order chi connectivity index (χ1) is 8.72. The van der Waals surface area contributed by atoms with Crippen molar-refractivity contribution in [2.45, 2.75) is 12.5 Å². The summed E-state index contributed by atoms with van der Waals surface area (Å²) in [6.07, 6.45) is 0. The van der Waals surface area contributed by atoms with Gasteiger partial charge in [-0.2, -0.15) is 0 Å². The van der Waals surface area contributed by atoms with Crippen LogP contribution in [0.15, 0.2) is 42.5 Å². The number of hydrogen-bond acceptors (Lipinski definition) is 2. The molecule has 2 aromatic carbocycles. The zero-order valence-electron chi connectivity index (χ0n) is 10.4. The van der Waals surface area contributed by atoms with Crippen LogP contribution in [0.4, 0.5) is 0 Å². The van der Waals surface area contributed by atoms with Crippen molar-refractivity contribution >= 4 is 16.7 Å². The molecule has 1 unspecified atom stereocenters. The molecule has 0 aromatic heterocycles. The van der Waals surface area contributed by atoms with Gasteiger partial charge in [-0.1, -0.05) is 42.5 Å². The lowest BCUT2D eigenvalue weighted by Crippen LogP contribution is -2.59. The molecule has 1 atom stereocenters. The number of benzene rings is 2. The predicted octanol–water partition coefficient (Wildman–Crippen LogP) is 1.77. The molecule has 1 aliphatic heterocycles. The Morgan fingerprint density at radius 2 is 1.83 bits per heavy atom. The number of hydrogen-bond donors (Lipinski definition) is 2. The average molecular weight is 240 g/mol. The fourth-order valence-electron chi connectivity index (χ4n) is 2.62. The maximum absolute atomic E-state index is 12.2. The van der Waals surface area contributed by atoms with E-state index >= 15 is 0 Å². The summed E-state index contributed by atoms with van der Waals surface area (Å²) in [5, 5.41) is 8.57. The highest BCUT2D eigenvalue weighted by Crippen LogP contribution is 2.29. The Labute approximate surface area is 106 Å². The van der Waals surface area contributed by atoms with Gasteiger partial charge in [-0.15, -0.1) is 0 Å². The first-order valence-electron chi connectivity index (χ1n) is 6.23. The molecule has 2 N–H and O–H groups in total. The second-order valence-electron chi connectivity index (χ2n) is 4.83. The van der Waals surface area contributed by atoms with Crippen LogP contribution in [0, 0.1) is 0 Å². The molecular weight excluding hydrogens is 224 g/mol. The van der Waals surface area contributed by atoms with E-state index in [1.165, 1.54) is 0 Å². The normalized spacial score (nSPS) is 23.9. The maximum Gasteiger partial charge on any atom is 0.244 e. The molecule has 1 saturated heterocycles. The third kappa shape index (κ3) is 1.59. The van der Waals surface area contributed by atoms with Gasteiger partial charge in [0.1, 0.15) is 5.54 Å². The number of carbonyl (C=O) groups excluding carboxylic acids is 1. The molecule has 0 spiro atoms. The molecule has 92 valence electrons. The molecule has 0 aliphatic carbocycles. The lowest BCUT2D eigenvalue weighted by Gasteiger charge is -2.35. The van der Waals surface area contributed by atoms with E-state index in [0.717, 1.165) is 22.9 Å². The highest BCUT2D eigenvalue weighted by atomic mass is 16.2. The summed E-state index contributed by atoms with van der Waals surface area (Å²) in [5.41, 5.74) is 0.400. The van der Waals surface area contributed by atoms with Crippen molar-refractivity contribution < 1.29 is 4.79 Å². The van der Waals surface area contributed by atoms with E-state index in [9.17, 15) is 4.79 Å². The lowest BCUT2D eigenvalue weighted by atomic mass is 9.86. The number of rotatable bonds is 1. The zero-order valence-corrected chi connectivity index (χ0v) is 10.4. The van der Waals surface area contributed by atoms with E-state index in [-0.39, 0.29) is 5.91 Å². The highest BCUT2D eigenvalue weighted by Gasteiger charge is 2.37. The molecule has 0 bridgehead atoms. The summed E-state index contributed by atoms with van der Waals surface area (Å²) in [7, 11) is 0. The molecule has 3 rings (SSSR count). The van der Waals surface area contributed by atoms with Gasteiger partial charge in [0.25, 0.3) is 0 Å². The molecule has 1 amide bonds. The molecule has 2 aromatic rings. The van der Waals surface area contributed by atoms with Gasteiger partial charge in [0.05, 0.1) is 0 Å². The average Bonchev–Trinajstić information content (AvgIpc) is 2.41. The zero-order chi connectivity index (χ0) is 12.6. The second-order valence-corrected chi connectivity index (χ2v) is 4.83. The van der Waals surface area contributed by atoms with Gasteiger partial charge in [0.2, 0.25) is 5.91 Å². The topological polar surface area (TPSA) is 41.1 Å². The molecule has 0 saturated carbocycles. The first-order valence-corrected chi connectivity index (χ1v) is 6.23. The van der Waals surface area contributed by atoms with Gasteiger partial charge in [-0.05, 0) is 23.3 Å². The number of piperazine rings is 1. The Hall–Kier alpha value is -1.87. The van der Waals surface area contributed by atoms with Crippen LogP contribution in [0.25, 0.3) is 10.8 Å². The van der Waals surface area contributed by atoms with Crippen LogP contribution in [0.1, 0.15) is 12.5 Å². The van der Waals surface area contributed by atoms with Crippen LogP contribution < -0.4 is 10.6 Å². The molecule has 18 heavy (non-hydrogen) atoms. The monoisotopic (exact) mass is 240 g/mol. The standard InChI is InChI=1S/C15H16N2O/c1-15(14(18)16-9-10-17-15)13-8-4-6-11-5-2-3-7-12(11)13/h2-8,17H,9-10H2,1H3,(H,16,18). The van der Waals surface area contributed by atoms with Gasteiger partial charge in [-0.25, -0.2) is 0 Å². The lowest BCUT2D eigenvalue weighted by molar-refractivity contribution is -0.128. The fraction of sp³-hybridized carbons (Fsp3) is 0.267. The van der Waals surface area contributed by atoms with Gasteiger partial charge >= 0.3 is 0 Å². The summed E-state index contributed by atoms with van der Waals surface area (Å²) in [5.74, 6) is 0.0464. The minimum atomic E-state index is -0.640. The largest absolute Gasteiger partial charge is 0.353 e. The van der Waals surface area contributed by atoms with Gasteiger partial charge < -0.3 is 5.32 Å². The summed E-state index contributed by atoms with van der Waals surface area (Å²) >= 11 is 0. The van der Waals surface area contributed by atoms with E-state index in [1.807, 2.05) is 31.2 Å². The van der Waals surface area contributed by atoms with Gasteiger partial charge in [0.15, 0.2) is 0 Å². The summed E-state index contributed by atoms with van der Waals surface area (Å²) in [6.45, 7) is 3.44. The van der Waals surface area contributed by atoms with Crippen molar-refractivity contribution in [2.24, 2.45) is 0 Å². The second kappa shape index (κ2) is 4.10. The summed E-state index contributed by atoms with van der Waals surface area (Å²) in [4.78, 5) is 12.2. The molecule has 0 radical (unpaired) electrons. The van der Waals surface area contributed by atoms with Crippen molar-refractivity contribution in [3.63, 3.8) is 0 Å². The van der Waals surface area contributed by atoms with Crippen LogP contribution in [-0.4, -0.2) is 19.0 Å². The highest BCUT2D eigenvalue weighted by molar-refractivity contribution is 5.95. The quantitative estimate of drug-likeness (QED) is 0.797. The molecule has 1 heterocycles. The Morgan fingerprint density at radius 1 is 1.06 bits per heavy atom. The Morgan fingerprint density at radius 3 is 2.67 bits per heavy atom. The fourth-order valence-corrected chi connectivity index (χ4v) is 2.62. The molecule has 3 nitrogen and oxygen atoms in total. The van der Waals surface area contributed by atoms with E-state index in [4.69, 9.17) is 0 Å². The van der Waals surface area contributed by atoms with Crippen molar-refractivity contribution in [1.29, 1.82) is 0 Å². The van der Waals surface area contributed by atoms with E-state index in [0.29, 0.717) is 6.54 Å². The number of amides is 1. The smallest absolute Gasteiger partial charge is 0.244 e. The van der Waals surface area contributed by atoms with E-state index < -0.39 is 5.54 Å². The SMILES string of the molecule is CC1(c2cccc3ccccc23)NCCNC1=O. The minimum Gasteiger partial charge on any atom is -0.353 e. The molecule has 3 heteroatoms. The van der Waals surface area contributed by atoms with Crippen molar-refractivity contribution in [3.8, 4) is 0 Å². The van der Waals surface area contributed by atoms with Crippen LogP contribution in [-0.2, 0) is 10.3 Å². The molecule has 1 aliphatic rings. The molecular formula is C15H16N2O. The van der Waals surface area contributed by atoms with Crippen LogP contribution in [0.2, 0.25) is 0 Å². The Bertz CT molecular complexity index is 603. The maximum atomic E-state index is 12.2. The molecule has 1 fully saturated rings. The Kier molecular flexibility index (Phi) is 2.56. The van der Waals surface area contributed by atoms with Crippen LogP contribution >= 0.6 is 0 Å². The summed E-state index contributed by atoms with van der Waals surface area (Å²) < 4.78 is 0. The van der Waals surface area contributed by atoms with Gasteiger partial charge in [0, 0.05) is 13.1 Å². The van der Waals surface area contributed by atoms with Crippen molar-refractivity contribution in [3.05, 3.63) is 48.0 Å². The number of fused-ring (bicyclic) bond motifs is 1. The third-order valence-electron chi connectivity index (χ3n) is 3.67. The predicted molar refractivity (Wildman–Crippen MR) is 72.3 cm³/mol. The summed E-state index contributed by atoms with van der Waals surface area (Å²) in [6, 6.07) is 14.3. The Balaban J connectivity index is 2.22. The van der Waals surface area contributed by atoms with Crippen molar-refractivity contribution in [2.75, 3.05) is 13.1 Å². The first kappa shape index (κ1) is 11.2.